The smallest absolute Gasteiger partial charge is 0.308 e. The summed E-state index contributed by atoms with van der Waals surface area (Å²) >= 11 is 0. The van der Waals surface area contributed by atoms with Gasteiger partial charge in [0.1, 0.15) is 5.82 Å². The third kappa shape index (κ3) is 2.94. The highest BCUT2D eigenvalue weighted by atomic mass is 19.1. The fraction of sp³-hybridized carbons (Fsp3) is 0.458. The minimum absolute atomic E-state index is 0.00311. The number of anilines is 1. The van der Waals surface area contributed by atoms with Gasteiger partial charge in [-0.05, 0) is 73.9 Å². The first-order valence-corrected chi connectivity index (χ1v) is 10.5. The summed E-state index contributed by atoms with van der Waals surface area (Å²) in [5.41, 5.74) is 10.1. The Bertz CT molecular complexity index is 946. The van der Waals surface area contributed by atoms with E-state index in [1.165, 1.54) is 41.7 Å². The number of allylic oxidation sites excluding steroid dienone is 4. The highest BCUT2D eigenvalue weighted by Gasteiger charge is 2.47. The lowest BCUT2D eigenvalue weighted by atomic mass is 9.56. The molecule has 1 heterocycles. The average molecular weight is 394 g/mol. The van der Waals surface area contributed by atoms with Gasteiger partial charge in [-0.3, -0.25) is 9.80 Å². The van der Waals surface area contributed by atoms with Crippen molar-refractivity contribution in [2.75, 3.05) is 18.7 Å². The van der Waals surface area contributed by atoms with E-state index < -0.39 is 0 Å². The summed E-state index contributed by atoms with van der Waals surface area (Å²) < 4.78 is 18.3. The summed E-state index contributed by atoms with van der Waals surface area (Å²) in [7, 11) is 1.49. The van der Waals surface area contributed by atoms with Gasteiger partial charge in [-0.1, -0.05) is 24.1 Å². The van der Waals surface area contributed by atoms with Crippen LogP contribution in [0.4, 0.5) is 10.1 Å². The predicted octanol–water partition coefficient (Wildman–Crippen LogP) is 4.66. The maximum atomic E-state index is 13.3. The van der Waals surface area contributed by atoms with E-state index in [1.807, 2.05) is 12.1 Å². The Balaban J connectivity index is 1.45. The first-order valence-electron chi connectivity index (χ1n) is 10.5. The van der Waals surface area contributed by atoms with Crippen LogP contribution in [0.15, 0.2) is 58.8 Å². The first-order chi connectivity index (χ1) is 14.0. The number of nitrogens with zero attached hydrogens (tertiary/aromatic N) is 1. The van der Waals surface area contributed by atoms with E-state index in [-0.39, 0.29) is 23.1 Å². The maximum absolute atomic E-state index is 13.3. The Morgan fingerprint density at radius 1 is 1.31 bits per heavy atom. The van der Waals surface area contributed by atoms with Crippen LogP contribution in [0.5, 0.6) is 0 Å². The number of hydrogen-bond acceptors (Lipinski definition) is 4. The molecule has 1 N–H and O–H groups in total. The molecule has 1 saturated carbocycles. The Kier molecular flexibility index (Phi) is 4.39. The largest absolute Gasteiger partial charge is 0.469 e. The zero-order valence-corrected chi connectivity index (χ0v) is 17.0. The third-order valence-electron chi connectivity index (χ3n) is 7.29. The van der Waals surface area contributed by atoms with Gasteiger partial charge >= 0.3 is 5.97 Å². The van der Waals surface area contributed by atoms with Gasteiger partial charge in [-0.25, -0.2) is 9.82 Å². The molecule has 5 heteroatoms. The van der Waals surface area contributed by atoms with Crippen molar-refractivity contribution in [3.05, 3.63) is 64.7 Å². The van der Waals surface area contributed by atoms with Gasteiger partial charge in [0.2, 0.25) is 0 Å². The maximum Gasteiger partial charge on any atom is 0.308 e. The number of rotatable bonds is 2. The van der Waals surface area contributed by atoms with Gasteiger partial charge in [-0.2, -0.15) is 0 Å². The fourth-order valence-electron chi connectivity index (χ4n) is 5.79. The zero-order chi connectivity index (χ0) is 20.2. The number of fused-ring (bicyclic) bond motifs is 3. The van der Waals surface area contributed by atoms with Gasteiger partial charge in [-0.15, -0.1) is 0 Å². The minimum Gasteiger partial charge on any atom is -0.469 e. The van der Waals surface area contributed by atoms with Gasteiger partial charge in [0.25, 0.3) is 0 Å². The molecule has 4 aliphatic rings. The molecule has 1 aromatic carbocycles. The molecule has 0 bridgehead atoms. The molecule has 29 heavy (non-hydrogen) atoms. The zero-order valence-electron chi connectivity index (χ0n) is 17.0. The molecule has 0 radical (unpaired) electrons. The second-order valence-corrected chi connectivity index (χ2v) is 8.90. The summed E-state index contributed by atoms with van der Waals surface area (Å²) in [6, 6.07) is 6.65. The second kappa shape index (κ2) is 6.84. The van der Waals surface area contributed by atoms with Gasteiger partial charge in [0, 0.05) is 12.0 Å². The quantitative estimate of drug-likeness (QED) is 0.585. The molecule has 0 saturated heterocycles. The standard InChI is InChI=1S/C24H27FN2O2/c1-24-13-17-14-26-27(20-8-6-19(25)7-9-20)22(17)12-18(24)5-3-15-11-16(23(28)29-2)4-10-21(15)24/h6-10,12,15-16,26H,3-5,11,13-14H2,1-2H3/t15-,16+,24-/m0/s1. The van der Waals surface area contributed by atoms with Gasteiger partial charge in [0.15, 0.2) is 0 Å². The highest BCUT2D eigenvalue weighted by molar-refractivity contribution is 5.73. The van der Waals surface area contributed by atoms with Crippen LogP contribution in [0.3, 0.4) is 0 Å². The molecule has 1 aliphatic heterocycles. The Morgan fingerprint density at radius 3 is 2.86 bits per heavy atom. The van der Waals surface area contributed by atoms with Crippen LogP contribution in [0.1, 0.15) is 39.0 Å². The summed E-state index contributed by atoms with van der Waals surface area (Å²) in [5, 5.41) is 2.09. The monoisotopic (exact) mass is 394 g/mol. The van der Waals surface area contributed by atoms with Crippen LogP contribution in [-0.2, 0) is 9.53 Å². The van der Waals surface area contributed by atoms with E-state index in [9.17, 15) is 9.18 Å². The lowest BCUT2D eigenvalue weighted by Crippen LogP contribution is -2.38. The molecule has 1 fully saturated rings. The molecule has 1 aromatic rings. The summed E-state index contributed by atoms with van der Waals surface area (Å²) in [4.78, 5) is 12.0. The van der Waals surface area contributed by atoms with Crippen molar-refractivity contribution in [1.29, 1.82) is 0 Å². The van der Waals surface area contributed by atoms with E-state index in [1.54, 1.807) is 0 Å². The number of nitrogens with one attached hydrogen (secondary N) is 1. The Labute approximate surface area is 171 Å². The Hall–Kier alpha value is -2.40. The molecule has 5 rings (SSSR count). The number of halogens is 1. The van der Waals surface area contributed by atoms with Gasteiger partial charge in [0.05, 0.1) is 24.4 Å². The average Bonchev–Trinajstić information content (AvgIpc) is 3.13. The molecule has 3 aliphatic carbocycles. The number of hydrogen-bond donors (Lipinski definition) is 1. The number of ether oxygens (including phenoxy) is 1. The van der Waals surface area contributed by atoms with E-state index in [0.717, 1.165) is 44.3 Å². The van der Waals surface area contributed by atoms with Crippen molar-refractivity contribution in [2.24, 2.45) is 17.3 Å². The SMILES string of the molecule is COC(=O)[C@@H]1CC=C2[C@@H](CCC3=CC4=C(CNN4c4ccc(F)cc4)C[C@@]32C)C1. The predicted molar refractivity (Wildman–Crippen MR) is 110 cm³/mol. The fourth-order valence-corrected chi connectivity index (χ4v) is 5.79. The Morgan fingerprint density at radius 2 is 2.10 bits per heavy atom. The normalized spacial score (nSPS) is 30.8. The molecule has 0 unspecified atom stereocenters. The van der Waals surface area contributed by atoms with Crippen molar-refractivity contribution >= 4 is 11.7 Å². The number of methoxy groups -OCH3 is 1. The van der Waals surface area contributed by atoms with Crippen molar-refractivity contribution in [2.45, 2.75) is 39.0 Å². The van der Waals surface area contributed by atoms with E-state index in [0.29, 0.717) is 5.92 Å². The first kappa shape index (κ1) is 18.6. The van der Waals surface area contributed by atoms with Crippen LogP contribution < -0.4 is 10.4 Å². The molecular weight excluding hydrogens is 367 g/mol. The summed E-state index contributed by atoms with van der Waals surface area (Å²) in [6.45, 7) is 3.19. The lowest BCUT2D eigenvalue weighted by molar-refractivity contribution is -0.146. The minimum atomic E-state index is -0.218. The number of carbonyl (C=O) groups is 1. The second-order valence-electron chi connectivity index (χ2n) is 8.90. The molecule has 0 spiro atoms. The topological polar surface area (TPSA) is 41.6 Å². The van der Waals surface area contributed by atoms with Crippen LogP contribution in [0.2, 0.25) is 0 Å². The van der Waals surface area contributed by atoms with Crippen molar-refractivity contribution in [3.8, 4) is 0 Å². The summed E-state index contributed by atoms with van der Waals surface area (Å²) in [6.07, 6.45) is 9.53. The van der Waals surface area contributed by atoms with Crippen LogP contribution in [0, 0.1) is 23.1 Å². The molecule has 152 valence electrons. The van der Waals surface area contributed by atoms with E-state index in [2.05, 4.69) is 29.5 Å². The van der Waals surface area contributed by atoms with Crippen molar-refractivity contribution in [1.82, 2.24) is 5.43 Å². The molecule has 0 amide bonds. The summed E-state index contributed by atoms with van der Waals surface area (Å²) in [5.74, 6) is 0.183. The molecule has 0 aromatic heterocycles. The number of benzene rings is 1. The van der Waals surface area contributed by atoms with Gasteiger partial charge < -0.3 is 4.74 Å². The molecule has 4 nitrogen and oxygen atoms in total. The molecule has 3 atom stereocenters. The number of carbonyl (C=O) groups excluding carboxylic acids is 1. The van der Waals surface area contributed by atoms with Crippen molar-refractivity contribution in [3.63, 3.8) is 0 Å². The third-order valence-corrected chi connectivity index (χ3v) is 7.29. The van der Waals surface area contributed by atoms with Crippen LogP contribution in [0.25, 0.3) is 0 Å². The highest BCUT2D eigenvalue weighted by Crippen LogP contribution is 2.57. The number of hydrazine groups is 1. The van der Waals surface area contributed by atoms with Crippen LogP contribution in [-0.4, -0.2) is 19.6 Å². The number of esters is 1. The van der Waals surface area contributed by atoms with E-state index in [4.69, 9.17) is 4.74 Å². The van der Waals surface area contributed by atoms with Crippen molar-refractivity contribution < 1.29 is 13.9 Å². The van der Waals surface area contributed by atoms with E-state index >= 15 is 0 Å². The lowest BCUT2D eigenvalue weighted by Gasteiger charge is -2.48. The molecular formula is C24H27FN2O2. The van der Waals surface area contributed by atoms with Crippen LogP contribution >= 0.6 is 0 Å².